The third-order valence-electron chi connectivity index (χ3n) is 3.11. The van der Waals surface area contributed by atoms with Gasteiger partial charge in [-0.2, -0.15) is 0 Å². The topological polar surface area (TPSA) is 82.2 Å². The van der Waals surface area contributed by atoms with Crippen molar-refractivity contribution >= 4 is 46.0 Å². The summed E-state index contributed by atoms with van der Waals surface area (Å²) < 4.78 is 0. The Kier molecular flexibility index (Phi) is 4.75. The lowest BCUT2D eigenvalue weighted by molar-refractivity contribution is -0.139. The third kappa shape index (κ3) is 3.31. The number of aliphatic carboxylic acids is 1. The lowest BCUT2D eigenvalue weighted by atomic mass is 10.1. The molecular weight excluding hydrogens is 315 g/mol. The molecule has 0 saturated carbocycles. The molecule has 5 nitrogen and oxygen atoms in total. The van der Waals surface area contributed by atoms with Crippen LogP contribution in [0.2, 0.25) is 10.0 Å². The van der Waals surface area contributed by atoms with Gasteiger partial charge in [0.2, 0.25) is 0 Å². The van der Waals surface area contributed by atoms with Crippen LogP contribution in [-0.4, -0.2) is 28.0 Å². The third-order valence-corrected chi connectivity index (χ3v) is 3.73. The molecule has 0 bridgehead atoms. The molecule has 112 valence electrons. The van der Waals surface area contributed by atoms with Gasteiger partial charge < -0.3 is 15.4 Å². The van der Waals surface area contributed by atoms with Crippen molar-refractivity contribution in [3.8, 4) is 0 Å². The SMILES string of the molecule is CCCC(NC(=O)c1[nH]c2ccc(Cl)cc2c1Cl)C(=O)O. The Morgan fingerprint density at radius 2 is 2.10 bits per heavy atom. The van der Waals surface area contributed by atoms with Crippen LogP contribution in [0, 0.1) is 0 Å². The molecule has 21 heavy (non-hydrogen) atoms. The normalized spacial score (nSPS) is 12.3. The summed E-state index contributed by atoms with van der Waals surface area (Å²) in [6.07, 6.45) is 0.998. The first kappa shape index (κ1) is 15.7. The zero-order chi connectivity index (χ0) is 15.6. The van der Waals surface area contributed by atoms with Crippen molar-refractivity contribution in [3.05, 3.63) is 33.9 Å². The molecule has 7 heteroatoms. The Morgan fingerprint density at radius 1 is 1.38 bits per heavy atom. The minimum absolute atomic E-state index is 0.135. The summed E-state index contributed by atoms with van der Waals surface area (Å²) in [5.74, 6) is -1.62. The molecule has 1 atom stereocenters. The van der Waals surface area contributed by atoms with Crippen LogP contribution in [-0.2, 0) is 4.79 Å². The number of halogens is 2. The predicted octanol–water partition coefficient (Wildman–Crippen LogP) is 3.46. The van der Waals surface area contributed by atoms with E-state index in [-0.39, 0.29) is 10.7 Å². The van der Waals surface area contributed by atoms with Crippen molar-refractivity contribution < 1.29 is 14.7 Å². The van der Waals surface area contributed by atoms with E-state index in [0.29, 0.717) is 28.8 Å². The van der Waals surface area contributed by atoms with Gasteiger partial charge in [-0.3, -0.25) is 4.79 Å². The van der Waals surface area contributed by atoms with Gasteiger partial charge >= 0.3 is 5.97 Å². The summed E-state index contributed by atoms with van der Waals surface area (Å²) in [5.41, 5.74) is 0.799. The quantitative estimate of drug-likeness (QED) is 0.786. The minimum Gasteiger partial charge on any atom is -0.480 e. The number of fused-ring (bicyclic) bond motifs is 1. The van der Waals surface area contributed by atoms with E-state index in [0.717, 1.165) is 0 Å². The minimum atomic E-state index is -1.07. The second kappa shape index (κ2) is 6.37. The van der Waals surface area contributed by atoms with Crippen molar-refractivity contribution in [1.29, 1.82) is 0 Å². The highest BCUT2D eigenvalue weighted by molar-refractivity contribution is 6.39. The Hall–Kier alpha value is -1.72. The van der Waals surface area contributed by atoms with E-state index < -0.39 is 17.9 Å². The van der Waals surface area contributed by atoms with Gasteiger partial charge in [-0.15, -0.1) is 0 Å². The van der Waals surface area contributed by atoms with Crippen molar-refractivity contribution in [3.63, 3.8) is 0 Å². The molecule has 0 fully saturated rings. The molecule has 1 aromatic carbocycles. The fraction of sp³-hybridized carbons (Fsp3) is 0.286. The summed E-state index contributed by atoms with van der Waals surface area (Å²) in [6, 6.07) is 4.10. The molecule has 0 spiro atoms. The van der Waals surface area contributed by atoms with Gasteiger partial charge in [0.25, 0.3) is 5.91 Å². The van der Waals surface area contributed by atoms with Gasteiger partial charge in [-0.1, -0.05) is 36.5 Å². The largest absolute Gasteiger partial charge is 0.480 e. The number of rotatable bonds is 5. The van der Waals surface area contributed by atoms with Crippen LogP contribution in [0.1, 0.15) is 30.3 Å². The van der Waals surface area contributed by atoms with E-state index in [1.807, 2.05) is 6.92 Å². The number of carbonyl (C=O) groups excluding carboxylic acids is 1. The Bertz CT molecular complexity index is 697. The van der Waals surface area contributed by atoms with Crippen molar-refractivity contribution in [1.82, 2.24) is 10.3 Å². The molecule has 0 radical (unpaired) electrons. The Labute approximate surface area is 131 Å². The Morgan fingerprint density at radius 3 is 2.71 bits per heavy atom. The van der Waals surface area contributed by atoms with E-state index in [4.69, 9.17) is 28.3 Å². The van der Waals surface area contributed by atoms with Crippen LogP contribution in [0.4, 0.5) is 0 Å². The molecular formula is C14H14Cl2N2O3. The van der Waals surface area contributed by atoms with Gasteiger partial charge in [0, 0.05) is 15.9 Å². The van der Waals surface area contributed by atoms with Crippen LogP contribution in [0.15, 0.2) is 18.2 Å². The molecule has 1 unspecified atom stereocenters. The highest BCUT2D eigenvalue weighted by Gasteiger charge is 2.23. The van der Waals surface area contributed by atoms with Crippen LogP contribution < -0.4 is 5.32 Å². The zero-order valence-corrected chi connectivity index (χ0v) is 12.8. The second-order valence-electron chi connectivity index (χ2n) is 4.66. The second-order valence-corrected chi connectivity index (χ2v) is 5.47. The smallest absolute Gasteiger partial charge is 0.326 e. The number of benzene rings is 1. The number of carboxylic acid groups (broad SMARTS) is 1. The number of H-pyrrole nitrogens is 1. The fourth-order valence-electron chi connectivity index (χ4n) is 2.06. The highest BCUT2D eigenvalue weighted by atomic mass is 35.5. The van der Waals surface area contributed by atoms with Crippen molar-refractivity contribution in [2.45, 2.75) is 25.8 Å². The van der Waals surface area contributed by atoms with Gasteiger partial charge in [-0.05, 0) is 24.6 Å². The standard InChI is InChI=1S/C14H14Cl2N2O3/c1-2-3-10(14(20)21)18-13(19)12-11(16)8-6-7(15)4-5-9(8)17-12/h4-6,10,17H,2-3H2,1H3,(H,18,19)(H,20,21). The summed E-state index contributed by atoms with van der Waals surface area (Å²) in [4.78, 5) is 26.2. The van der Waals surface area contributed by atoms with Gasteiger partial charge in [-0.25, -0.2) is 4.79 Å². The summed E-state index contributed by atoms with van der Waals surface area (Å²) in [6.45, 7) is 1.85. The number of amides is 1. The monoisotopic (exact) mass is 328 g/mol. The molecule has 1 aromatic heterocycles. The van der Waals surface area contributed by atoms with E-state index in [1.165, 1.54) is 0 Å². The average molecular weight is 329 g/mol. The molecule has 1 amide bonds. The van der Waals surface area contributed by atoms with Crippen LogP contribution in [0.5, 0.6) is 0 Å². The van der Waals surface area contributed by atoms with Gasteiger partial charge in [0.1, 0.15) is 11.7 Å². The lowest BCUT2D eigenvalue weighted by Gasteiger charge is -2.12. The summed E-state index contributed by atoms with van der Waals surface area (Å²) in [5, 5.41) is 12.9. The van der Waals surface area contributed by atoms with Crippen molar-refractivity contribution in [2.24, 2.45) is 0 Å². The number of aromatic nitrogens is 1. The molecule has 3 N–H and O–H groups in total. The van der Waals surface area contributed by atoms with Crippen LogP contribution >= 0.6 is 23.2 Å². The first-order valence-electron chi connectivity index (χ1n) is 6.44. The molecule has 0 saturated heterocycles. The fourth-order valence-corrected chi connectivity index (χ4v) is 2.53. The molecule has 0 aliphatic carbocycles. The molecule has 1 heterocycles. The maximum absolute atomic E-state index is 12.2. The first-order chi connectivity index (χ1) is 9.93. The number of carbonyl (C=O) groups is 2. The molecule has 0 aliphatic heterocycles. The maximum atomic E-state index is 12.2. The Balaban J connectivity index is 2.31. The van der Waals surface area contributed by atoms with E-state index in [2.05, 4.69) is 10.3 Å². The lowest BCUT2D eigenvalue weighted by Crippen LogP contribution is -2.40. The summed E-state index contributed by atoms with van der Waals surface area (Å²) >= 11 is 12.1. The van der Waals surface area contributed by atoms with E-state index in [9.17, 15) is 9.59 Å². The molecule has 0 aliphatic rings. The zero-order valence-electron chi connectivity index (χ0n) is 11.2. The molecule has 2 rings (SSSR count). The van der Waals surface area contributed by atoms with E-state index >= 15 is 0 Å². The maximum Gasteiger partial charge on any atom is 0.326 e. The summed E-state index contributed by atoms with van der Waals surface area (Å²) in [7, 11) is 0. The number of hydrogen-bond acceptors (Lipinski definition) is 2. The molecule has 2 aromatic rings. The number of aromatic amines is 1. The predicted molar refractivity (Wildman–Crippen MR) is 82.1 cm³/mol. The first-order valence-corrected chi connectivity index (χ1v) is 7.20. The van der Waals surface area contributed by atoms with E-state index in [1.54, 1.807) is 18.2 Å². The van der Waals surface area contributed by atoms with Crippen molar-refractivity contribution in [2.75, 3.05) is 0 Å². The highest BCUT2D eigenvalue weighted by Crippen LogP contribution is 2.29. The van der Waals surface area contributed by atoms with Crippen LogP contribution in [0.25, 0.3) is 10.9 Å². The van der Waals surface area contributed by atoms with Gasteiger partial charge in [0.15, 0.2) is 0 Å². The number of hydrogen-bond donors (Lipinski definition) is 3. The number of carboxylic acids is 1. The number of nitrogens with one attached hydrogen (secondary N) is 2. The average Bonchev–Trinajstić information content (AvgIpc) is 2.75. The van der Waals surface area contributed by atoms with Gasteiger partial charge in [0.05, 0.1) is 5.02 Å². The van der Waals surface area contributed by atoms with Crippen LogP contribution in [0.3, 0.4) is 0 Å².